The maximum Gasteiger partial charge on any atom is 0.305 e. The standard InChI is InChI=1S/C12H13Cl2NO4S/c13-8-4-9(14)6-10(5-8)20(18,19)15-12(2-1-3-12)7-11(16)17/h4-6,15H,1-3,7H2,(H,16,17). The maximum atomic E-state index is 12.3. The molecule has 0 amide bonds. The lowest BCUT2D eigenvalue weighted by atomic mass is 9.75. The molecule has 5 nitrogen and oxygen atoms in total. The zero-order chi connectivity index (χ0) is 15.0. The third-order valence-electron chi connectivity index (χ3n) is 3.30. The van der Waals surface area contributed by atoms with Gasteiger partial charge < -0.3 is 5.11 Å². The van der Waals surface area contributed by atoms with Crippen molar-refractivity contribution in [1.29, 1.82) is 0 Å². The Hall–Kier alpha value is -0.820. The second-order valence-corrected chi connectivity index (χ2v) is 7.47. The summed E-state index contributed by atoms with van der Waals surface area (Å²) in [7, 11) is -3.85. The molecule has 2 rings (SSSR count). The van der Waals surface area contributed by atoms with E-state index in [-0.39, 0.29) is 21.4 Å². The summed E-state index contributed by atoms with van der Waals surface area (Å²) < 4.78 is 27.1. The van der Waals surface area contributed by atoms with Crippen LogP contribution in [0, 0.1) is 0 Å². The summed E-state index contributed by atoms with van der Waals surface area (Å²) in [6.07, 6.45) is 1.58. The van der Waals surface area contributed by atoms with Gasteiger partial charge in [-0.3, -0.25) is 4.79 Å². The molecule has 0 spiro atoms. The molecule has 1 aromatic rings. The number of hydrogen-bond acceptors (Lipinski definition) is 3. The summed E-state index contributed by atoms with van der Waals surface area (Å²) in [4.78, 5) is 10.8. The van der Waals surface area contributed by atoms with Gasteiger partial charge in [0.05, 0.1) is 11.3 Å². The number of rotatable bonds is 5. The fraction of sp³-hybridized carbons (Fsp3) is 0.417. The van der Waals surface area contributed by atoms with Gasteiger partial charge in [-0.1, -0.05) is 23.2 Å². The van der Waals surface area contributed by atoms with Crippen molar-refractivity contribution in [2.45, 2.75) is 36.1 Å². The Kier molecular flexibility index (Phi) is 4.30. The zero-order valence-electron chi connectivity index (χ0n) is 10.4. The van der Waals surface area contributed by atoms with Crippen LogP contribution < -0.4 is 4.72 Å². The molecule has 0 unspecified atom stereocenters. The van der Waals surface area contributed by atoms with E-state index in [2.05, 4.69) is 4.72 Å². The smallest absolute Gasteiger partial charge is 0.305 e. The number of carboxylic acids is 1. The van der Waals surface area contributed by atoms with Crippen molar-refractivity contribution in [1.82, 2.24) is 4.72 Å². The summed E-state index contributed by atoms with van der Waals surface area (Å²) in [5.41, 5.74) is -0.903. The first-order valence-electron chi connectivity index (χ1n) is 5.94. The highest BCUT2D eigenvalue weighted by Gasteiger charge is 2.42. The molecule has 1 fully saturated rings. The lowest BCUT2D eigenvalue weighted by molar-refractivity contribution is -0.139. The lowest BCUT2D eigenvalue weighted by Gasteiger charge is -2.40. The molecule has 0 heterocycles. The number of nitrogens with one attached hydrogen (secondary N) is 1. The third kappa shape index (κ3) is 3.44. The first-order chi connectivity index (χ1) is 9.22. The molecular formula is C12H13Cl2NO4S. The van der Waals surface area contributed by atoms with Gasteiger partial charge in [0.15, 0.2) is 0 Å². The van der Waals surface area contributed by atoms with Crippen molar-refractivity contribution in [3.05, 3.63) is 28.2 Å². The molecule has 0 saturated heterocycles. The second-order valence-electron chi connectivity index (χ2n) is 4.92. The highest BCUT2D eigenvalue weighted by Crippen LogP contribution is 2.36. The summed E-state index contributed by atoms with van der Waals surface area (Å²) in [5, 5.41) is 9.31. The summed E-state index contributed by atoms with van der Waals surface area (Å²) >= 11 is 11.6. The minimum absolute atomic E-state index is 0.0633. The Morgan fingerprint density at radius 3 is 2.20 bits per heavy atom. The molecule has 2 N–H and O–H groups in total. The molecule has 0 radical (unpaired) electrons. The van der Waals surface area contributed by atoms with Crippen molar-refractivity contribution in [2.75, 3.05) is 0 Å². The minimum atomic E-state index is -3.85. The van der Waals surface area contributed by atoms with E-state index < -0.39 is 21.5 Å². The highest BCUT2D eigenvalue weighted by atomic mass is 35.5. The molecule has 0 atom stereocenters. The van der Waals surface area contributed by atoms with Gasteiger partial charge in [-0.2, -0.15) is 0 Å². The summed E-state index contributed by atoms with van der Waals surface area (Å²) in [5.74, 6) is -1.03. The first-order valence-corrected chi connectivity index (χ1v) is 8.18. The van der Waals surface area contributed by atoms with E-state index in [0.717, 1.165) is 6.42 Å². The first kappa shape index (κ1) is 15.6. The van der Waals surface area contributed by atoms with Gasteiger partial charge in [0.25, 0.3) is 0 Å². The molecule has 1 aliphatic carbocycles. The Bertz CT molecular complexity index is 621. The summed E-state index contributed by atoms with van der Waals surface area (Å²) in [6, 6.07) is 3.99. The molecule has 0 aromatic heterocycles. The Morgan fingerprint density at radius 2 is 1.80 bits per heavy atom. The molecule has 1 saturated carbocycles. The fourth-order valence-corrected chi connectivity index (χ4v) is 4.42. The number of aliphatic carboxylic acids is 1. The van der Waals surface area contributed by atoms with E-state index >= 15 is 0 Å². The Balaban J connectivity index is 2.28. The molecular weight excluding hydrogens is 325 g/mol. The molecule has 20 heavy (non-hydrogen) atoms. The van der Waals surface area contributed by atoms with E-state index in [1.54, 1.807) is 0 Å². The number of carboxylic acid groups (broad SMARTS) is 1. The van der Waals surface area contributed by atoms with Crippen molar-refractivity contribution in [3.63, 3.8) is 0 Å². The van der Waals surface area contributed by atoms with Gasteiger partial charge in [0.1, 0.15) is 0 Å². The second kappa shape index (κ2) is 5.52. The van der Waals surface area contributed by atoms with Crippen LogP contribution in [0.4, 0.5) is 0 Å². The number of carbonyl (C=O) groups is 1. The molecule has 0 aliphatic heterocycles. The SMILES string of the molecule is O=C(O)CC1(NS(=O)(=O)c2cc(Cl)cc(Cl)c2)CCC1. The molecule has 8 heteroatoms. The number of halogens is 2. The Morgan fingerprint density at radius 1 is 1.25 bits per heavy atom. The van der Waals surface area contributed by atoms with E-state index in [0.29, 0.717) is 12.8 Å². The van der Waals surface area contributed by atoms with Gasteiger partial charge in [-0.25, -0.2) is 13.1 Å². The van der Waals surface area contributed by atoms with Crippen molar-refractivity contribution >= 4 is 39.2 Å². The van der Waals surface area contributed by atoms with Gasteiger partial charge in [0, 0.05) is 15.6 Å². The van der Waals surface area contributed by atoms with Gasteiger partial charge in [-0.05, 0) is 37.5 Å². The van der Waals surface area contributed by atoms with E-state index in [1.807, 2.05) is 0 Å². The van der Waals surface area contributed by atoms with Crippen LogP contribution in [0.15, 0.2) is 23.1 Å². The topological polar surface area (TPSA) is 83.5 Å². The molecule has 1 aliphatic rings. The maximum absolute atomic E-state index is 12.3. The predicted molar refractivity (Wildman–Crippen MR) is 75.6 cm³/mol. The zero-order valence-corrected chi connectivity index (χ0v) is 12.7. The van der Waals surface area contributed by atoms with Gasteiger partial charge >= 0.3 is 5.97 Å². The molecule has 110 valence electrons. The van der Waals surface area contributed by atoms with E-state index in [1.165, 1.54) is 18.2 Å². The largest absolute Gasteiger partial charge is 0.481 e. The highest BCUT2D eigenvalue weighted by molar-refractivity contribution is 7.89. The quantitative estimate of drug-likeness (QED) is 0.865. The fourth-order valence-electron chi connectivity index (χ4n) is 2.24. The van der Waals surface area contributed by atoms with Crippen LogP contribution in [0.1, 0.15) is 25.7 Å². The average molecular weight is 338 g/mol. The van der Waals surface area contributed by atoms with Crippen LogP contribution >= 0.6 is 23.2 Å². The monoisotopic (exact) mass is 337 g/mol. The van der Waals surface area contributed by atoms with Gasteiger partial charge in [-0.15, -0.1) is 0 Å². The average Bonchev–Trinajstić information content (AvgIpc) is 2.23. The van der Waals surface area contributed by atoms with Crippen LogP contribution in [-0.4, -0.2) is 25.0 Å². The normalized spacial score (nSPS) is 17.5. The summed E-state index contributed by atoms with van der Waals surface area (Å²) in [6.45, 7) is 0. The molecule has 0 bridgehead atoms. The van der Waals surface area contributed by atoms with E-state index in [9.17, 15) is 13.2 Å². The minimum Gasteiger partial charge on any atom is -0.481 e. The van der Waals surface area contributed by atoms with Crippen molar-refractivity contribution in [2.24, 2.45) is 0 Å². The van der Waals surface area contributed by atoms with E-state index in [4.69, 9.17) is 28.3 Å². The number of hydrogen-bond donors (Lipinski definition) is 2. The predicted octanol–water partition coefficient (Wildman–Crippen LogP) is 2.67. The van der Waals surface area contributed by atoms with Crippen LogP contribution in [0.2, 0.25) is 10.0 Å². The number of benzene rings is 1. The lowest BCUT2D eigenvalue weighted by Crippen LogP contribution is -2.54. The van der Waals surface area contributed by atoms with Gasteiger partial charge in [0.2, 0.25) is 10.0 Å². The van der Waals surface area contributed by atoms with Crippen molar-refractivity contribution in [3.8, 4) is 0 Å². The van der Waals surface area contributed by atoms with Crippen LogP contribution in [0.3, 0.4) is 0 Å². The number of sulfonamides is 1. The van der Waals surface area contributed by atoms with Crippen molar-refractivity contribution < 1.29 is 18.3 Å². The molecule has 1 aromatic carbocycles. The van der Waals surface area contributed by atoms with Crippen LogP contribution in [0.25, 0.3) is 0 Å². The van der Waals surface area contributed by atoms with Crippen LogP contribution in [-0.2, 0) is 14.8 Å². The van der Waals surface area contributed by atoms with Crippen LogP contribution in [0.5, 0.6) is 0 Å². The third-order valence-corrected chi connectivity index (χ3v) is 5.29. The Labute approximate surface area is 126 Å².